The molecule has 276 valence electrons. The van der Waals surface area contributed by atoms with Crippen LogP contribution in [-0.4, -0.2) is 116 Å². The van der Waals surface area contributed by atoms with E-state index >= 15 is 0 Å². The Bertz CT molecular complexity index is 1620. The number of hydrogen-bond acceptors (Lipinski definition) is 13. The predicted molar refractivity (Wildman–Crippen MR) is 192 cm³/mol. The molecule has 15 nitrogen and oxygen atoms in total. The summed E-state index contributed by atoms with van der Waals surface area (Å²) in [5.74, 6) is 1.51. The standard InChI is InChI=1S/C35H49ClN10O5/c1-24-19-44(20-25(2)50-24)29-7-9-30(10-8-29)46-22-32(34(41-46)49-13-5-12-48-15-14-47-4)40-35-37-17-28(18-38-35)27-6-11-31(36)33(16-27)51-26(3)21-45-23-39-42-43-45/h6,11,16-18,22-26,29-30H,5,7-10,12-15,19-21H2,1-4H3,(H,37,38,40)/t24-,25+,26-,29?,30?/m0/s1. The Labute approximate surface area is 303 Å². The average molecular weight is 725 g/mol. The lowest BCUT2D eigenvalue weighted by atomic mass is 9.89. The molecule has 1 N–H and O–H groups in total. The zero-order valence-corrected chi connectivity index (χ0v) is 30.6. The van der Waals surface area contributed by atoms with Crippen LogP contribution in [0.15, 0.2) is 43.1 Å². The van der Waals surface area contributed by atoms with Crippen molar-refractivity contribution in [3.05, 3.63) is 48.1 Å². The molecule has 1 saturated heterocycles. The first-order valence-corrected chi connectivity index (χ1v) is 18.2. The molecule has 2 fully saturated rings. The Kier molecular flexibility index (Phi) is 13.1. The van der Waals surface area contributed by atoms with Crippen molar-refractivity contribution in [2.75, 3.05) is 51.9 Å². The van der Waals surface area contributed by atoms with E-state index in [1.165, 1.54) is 0 Å². The molecule has 1 aliphatic heterocycles. The summed E-state index contributed by atoms with van der Waals surface area (Å²) < 4.78 is 32.6. The third-order valence-corrected chi connectivity index (χ3v) is 9.45. The van der Waals surface area contributed by atoms with Gasteiger partial charge < -0.3 is 29.0 Å². The number of nitrogens with zero attached hydrogens (tertiary/aromatic N) is 9. The minimum atomic E-state index is -0.211. The fourth-order valence-corrected chi connectivity index (χ4v) is 6.91. The van der Waals surface area contributed by atoms with E-state index in [4.69, 9.17) is 40.4 Å². The lowest BCUT2D eigenvalue weighted by molar-refractivity contribution is -0.0852. The van der Waals surface area contributed by atoms with Gasteiger partial charge in [-0.05, 0) is 74.6 Å². The second-order valence-corrected chi connectivity index (χ2v) is 13.7. The van der Waals surface area contributed by atoms with Crippen LogP contribution >= 0.6 is 11.6 Å². The molecule has 0 spiro atoms. The van der Waals surface area contributed by atoms with Crippen LogP contribution in [0.1, 0.15) is 58.9 Å². The van der Waals surface area contributed by atoms with Crippen LogP contribution in [-0.2, 0) is 20.8 Å². The summed E-state index contributed by atoms with van der Waals surface area (Å²) in [6.07, 6.45) is 12.5. The van der Waals surface area contributed by atoms with Gasteiger partial charge in [0.05, 0.1) is 55.8 Å². The van der Waals surface area contributed by atoms with E-state index in [1.807, 2.05) is 25.3 Å². The van der Waals surface area contributed by atoms with Gasteiger partial charge in [0.15, 0.2) is 0 Å². The molecule has 6 rings (SSSR count). The first kappa shape index (κ1) is 36.9. The Morgan fingerprint density at radius 2 is 1.75 bits per heavy atom. The molecular weight excluding hydrogens is 676 g/mol. The normalized spacial score (nSPS) is 21.7. The highest BCUT2D eigenvalue weighted by molar-refractivity contribution is 6.32. The SMILES string of the molecule is COCCOCCCOc1nn(C2CCC(N3C[C@@H](C)O[C@@H](C)C3)CC2)cc1Nc1ncc(-c2ccc(Cl)c(O[C@@H](C)Cn3cnnn3)c2)cn1. The highest BCUT2D eigenvalue weighted by atomic mass is 35.5. The monoisotopic (exact) mass is 724 g/mol. The van der Waals surface area contributed by atoms with Crippen LogP contribution in [0.4, 0.5) is 11.6 Å². The van der Waals surface area contributed by atoms with E-state index in [1.54, 1.807) is 36.6 Å². The second-order valence-electron chi connectivity index (χ2n) is 13.3. The molecule has 1 aromatic carbocycles. The van der Waals surface area contributed by atoms with Crippen molar-refractivity contribution in [3.8, 4) is 22.8 Å². The third-order valence-electron chi connectivity index (χ3n) is 9.13. The van der Waals surface area contributed by atoms with Crippen molar-refractivity contribution in [1.29, 1.82) is 0 Å². The number of methoxy groups -OCH3 is 1. The number of halogens is 1. The summed E-state index contributed by atoms with van der Waals surface area (Å²) in [5, 5.41) is 20.0. The Balaban J connectivity index is 1.10. The van der Waals surface area contributed by atoms with Crippen LogP contribution in [0, 0.1) is 0 Å². The molecule has 51 heavy (non-hydrogen) atoms. The third kappa shape index (κ3) is 10.3. The lowest BCUT2D eigenvalue weighted by Gasteiger charge is -2.42. The van der Waals surface area contributed by atoms with Gasteiger partial charge in [-0.25, -0.2) is 14.6 Å². The van der Waals surface area contributed by atoms with Crippen molar-refractivity contribution in [2.24, 2.45) is 0 Å². The molecule has 3 atom stereocenters. The second kappa shape index (κ2) is 18.0. The van der Waals surface area contributed by atoms with Crippen molar-refractivity contribution in [2.45, 2.75) is 89.8 Å². The van der Waals surface area contributed by atoms with Crippen LogP contribution in [0.5, 0.6) is 11.6 Å². The van der Waals surface area contributed by atoms with Gasteiger partial charge in [0.1, 0.15) is 23.9 Å². The number of aromatic nitrogens is 8. The summed E-state index contributed by atoms with van der Waals surface area (Å²) in [6.45, 7) is 10.9. The zero-order chi connectivity index (χ0) is 35.6. The highest BCUT2D eigenvalue weighted by Crippen LogP contribution is 2.36. The van der Waals surface area contributed by atoms with Gasteiger partial charge in [-0.3, -0.25) is 9.58 Å². The largest absolute Gasteiger partial charge is 0.487 e. The maximum Gasteiger partial charge on any atom is 0.256 e. The van der Waals surface area contributed by atoms with Crippen molar-refractivity contribution in [1.82, 2.24) is 44.9 Å². The minimum absolute atomic E-state index is 0.211. The van der Waals surface area contributed by atoms with Gasteiger partial charge in [-0.2, -0.15) is 0 Å². The molecule has 0 bridgehead atoms. The smallest absolute Gasteiger partial charge is 0.256 e. The predicted octanol–water partition coefficient (Wildman–Crippen LogP) is 5.22. The van der Waals surface area contributed by atoms with E-state index in [0.29, 0.717) is 61.6 Å². The number of rotatable bonds is 17. The van der Waals surface area contributed by atoms with Crippen LogP contribution < -0.4 is 14.8 Å². The molecule has 1 aliphatic carbocycles. The number of nitrogens with one attached hydrogen (secondary N) is 1. The Morgan fingerprint density at radius 3 is 2.47 bits per heavy atom. The van der Waals surface area contributed by atoms with Gasteiger partial charge >= 0.3 is 0 Å². The lowest BCUT2D eigenvalue weighted by Crippen LogP contribution is -2.51. The number of morpholine rings is 1. The highest BCUT2D eigenvalue weighted by Gasteiger charge is 2.32. The molecule has 0 unspecified atom stereocenters. The van der Waals surface area contributed by atoms with E-state index in [0.717, 1.165) is 62.0 Å². The van der Waals surface area contributed by atoms with Crippen molar-refractivity contribution in [3.63, 3.8) is 0 Å². The van der Waals surface area contributed by atoms with Crippen molar-refractivity contribution >= 4 is 23.2 Å². The number of hydrogen-bond donors (Lipinski definition) is 1. The first-order valence-electron chi connectivity index (χ1n) is 17.8. The molecular formula is C35H49ClN10O5. The number of ether oxygens (including phenoxy) is 5. The molecule has 1 saturated carbocycles. The summed E-state index contributed by atoms with van der Waals surface area (Å²) in [4.78, 5) is 11.9. The average Bonchev–Trinajstić information content (AvgIpc) is 3.79. The van der Waals surface area contributed by atoms with Gasteiger partial charge in [0, 0.05) is 57.2 Å². The van der Waals surface area contributed by atoms with Gasteiger partial charge in [-0.1, -0.05) is 17.7 Å². The van der Waals surface area contributed by atoms with E-state index < -0.39 is 0 Å². The maximum absolute atomic E-state index is 6.47. The van der Waals surface area contributed by atoms with Crippen LogP contribution in [0.2, 0.25) is 5.02 Å². The number of anilines is 2. The minimum Gasteiger partial charge on any atom is -0.487 e. The fourth-order valence-electron chi connectivity index (χ4n) is 6.75. The van der Waals surface area contributed by atoms with Gasteiger partial charge in [-0.15, -0.1) is 10.2 Å². The quantitative estimate of drug-likeness (QED) is 0.142. The molecule has 4 heterocycles. The zero-order valence-electron chi connectivity index (χ0n) is 29.9. The molecule has 2 aliphatic rings. The summed E-state index contributed by atoms with van der Waals surface area (Å²) >= 11 is 6.47. The molecule has 16 heteroatoms. The number of benzene rings is 1. The number of tetrazole rings is 1. The van der Waals surface area contributed by atoms with E-state index in [2.05, 4.69) is 54.2 Å². The summed E-state index contributed by atoms with van der Waals surface area (Å²) in [7, 11) is 1.66. The first-order chi connectivity index (χ1) is 24.8. The van der Waals surface area contributed by atoms with Crippen LogP contribution in [0.3, 0.4) is 0 Å². The maximum atomic E-state index is 6.47. The van der Waals surface area contributed by atoms with Crippen molar-refractivity contribution < 1.29 is 23.7 Å². The topological polar surface area (TPSA) is 149 Å². The summed E-state index contributed by atoms with van der Waals surface area (Å²) in [5.41, 5.74) is 2.41. The molecule has 3 aromatic heterocycles. The molecule has 4 aromatic rings. The Morgan fingerprint density at radius 1 is 0.980 bits per heavy atom. The van der Waals surface area contributed by atoms with Gasteiger partial charge in [0.2, 0.25) is 5.95 Å². The van der Waals surface area contributed by atoms with Gasteiger partial charge in [0.25, 0.3) is 5.88 Å². The molecule has 0 amide bonds. The molecule has 0 radical (unpaired) electrons. The van der Waals surface area contributed by atoms with E-state index in [-0.39, 0.29) is 24.4 Å². The Hall–Kier alpha value is -3.89. The summed E-state index contributed by atoms with van der Waals surface area (Å²) in [6, 6.07) is 6.46. The van der Waals surface area contributed by atoms with E-state index in [9.17, 15) is 0 Å². The van der Waals surface area contributed by atoms with Crippen LogP contribution in [0.25, 0.3) is 11.1 Å². The fraction of sp³-hybridized carbons (Fsp3) is 0.600.